The van der Waals surface area contributed by atoms with E-state index in [0.717, 1.165) is 45.2 Å². The molecule has 0 bridgehead atoms. The van der Waals surface area contributed by atoms with Crippen LogP contribution in [0.5, 0.6) is 5.75 Å². The number of nitrogens with one attached hydrogen (secondary N) is 2. The van der Waals surface area contributed by atoms with Gasteiger partial charge in [0, 0.05) is 57.4 Å². The molecule has 1 heterocycles. The van der Waals surface area contributed by atoms with Gasteiger partial charge >= 0.3 is 0 Å². The van der Waals surface area contributed by atoms with E-state index in [1.807, 2.05) is 0 Å². The molecule has 1 fully saturated rings. The molecule has 0 unspecified atom stereocenters. The van der Waals surface area contributed by atoms with Crippen LogP contribution in [0.2, 0.25) is 0 Å². The number of amides is 1. The first kappa shape index (κ1) is 21.6. The van der Waals surface area contributed by atoms with Crippen LogP contribution in [0.3, 0.4) is 0 Å². The number of hydrogen-bond donors (Lipinski definition) is 4. The summed E-state index contributed by atoms with van der Waals surface area (Å²) in [6.45, 7) is 5.88. The molecule has 0 spiro atoms. The van der Waals surface area contributed by atoms with Gasteiger partial charge in [-0.15, -0.1) is 0 Å². The predicted molar refractivity (Wildman–Crippen MR) is 108 cm³/mol. The molecule has 6 N–H and O–H groups in total. The summed E-state index contributed by atoms with van der Waals surface area (Å²) in [5, 5.41) is 17.8. The number of nitrogens with zero attached hydrogens (tertiary/aromatic N) is 2. The quantitative estimate of drug-likeness (QED) is 0.182. The highest BCUT2D eigenvalue weighted by molar-refractivity contribution is 5.95. The molecule has 10 nitrogen and oxygen atoms in total. The van der Waals surface area contributed by atoms with Gasteiger partial charge in [0.25, 0.3) is 5.69 Å². The highest BCUT2D eigenvalue weighted by atomic mass is 16.6. The predicted octanol–water partition coefficient (Wildman–Crippen LogP) is 0.295. The van der Waals surface area contributed by atoms with Gasteiger partial charge in [-0.1, -0.05) is 12.2 Å². The molecule has 0 atom stereocenters. The van der Waals surface area contributed by atoms with Crippen LogP contribution in [-0.2, 0) is 0 Å². The molecule has 0 aromatic heterocycles. The minimum atomic E-state index is -0.747. The number of benzene rings is 1. The summed E-state index contributed by atoms with van der Waals surface area (Å²) in [4.78, 5) is 24.8. The standard InChI is InChI=1S/C18H28N6O4/c19-4-1-2-5-22-17-15(24(26)27)12-14(18(20)25)13-16(17)28-11-3-8-23-9-6-21-7-10-23/h1-2,12-13,21-22H,3-11,19H2,(H2,20,25)/b2-1+. The molecule has 1 saturated heterocycles. The zero-order chi connectivity index (χ0) is 20.4. The molecule has 1 aromatic carbocycles. The molecule has 10 heteroatoms. The Hall–Kier alpha value is -2.69. The molecule has 154 valence electrons. The van der Waals surface area contributed by atoms with Gasteiger partial charge in [0.1, 0.15) is 5.75 Å². The Kier molecular flexibility index (Phi) is 8.66. The fourth-order valence-electron chi connectivity index (χ4n) is 2.92. The highest BCUT2D eigenvalue weighted by Crippen LogP contribution is 2.36. The average Bonchev–Trinajstić information content (AvgIpc) is 2.69. The maximum absolute atomic E-state index is 11.6. The van der Waals surface area contributed by atoms with E-state index in [0.29, 0.717) is 19.7 Å². The molecular weight excluding hydrogens is 364 g/mol. The molecule has 28 heavy (non-hydrogen) atoms. The maximum atomic E-state index is 11.6. The van der Waals surface area contributed by atoms with Gasteiger partial charge in [-0.05, 0) is 12.5 Å². The molecule has 0 aliphatic carbocycles. The number of rotatable bonds is 11. The average molecular weight is 392 g/mol. The molecule has 1 aromatic rings. The van der Waals surface area contributed by atoms with E-state index in [1.54, 1.807) is 12.2 Å². The summed E-state index contributed by atoms with van der Waals surface area (Å²) < 4.78 is 5.80. The van der Waals surface area contributed by atoms with Crippen molar-refractivity contribution in [3.05, 3.63) is 40.0 Å². The Morgan fingerprint density at radius 3 is 2.75 bits per heavy atom. The van der Waals surface area contributed by atoms with Crippen molar-refractivity contribution >= 4 is 17.3 Å². The third-order valence-corrected chi connectivity index (χ3v) is 4.35. The first-order chi connectivity index (χ1) is 13.5. The van der Waals surface area contributed by atoms with Crippen LogP contribution in [0.15, 0.2) is 24.3 Å². The van der Waals surface area contributed by atoms with E-state index < -0.39 is 10.8 Å². The van der Waals surface area contributed by atoms with E-state index in [1.165, 1.54) is 6.07 Å². The van der Waals surface area contributed by atoms with Gasteiger partial charge in [-0.25, -0.2) is 0 Å². The lowest BCUT2D eigenvalue weighted by molar-refractivity contribution is -0.384. The zero-order valence-electron chi connectivity index (χ0n) is 15.9. The second-order valence-electron chi connectivity index (χ2n) is 6.37. The molecular formula is C18H28N6O4. The van der Waals surface area contributed by atoms with Crippen LogP contribution in [-0.4, -0.2) is 68.2 Å². The molecule has 1 amide bonds. The Morgan fingerprint density at radius 1 is 1.36 bits per heavy atom. The third-order valence-electron chi connectivity index (χ3n) is 4.35. The molecule has 1 aliphatic heterocycles. The van der Waals surface area contributed by atoms with Gasteiger partial charge in [0.15, 0.2) is 5.69 Å². The van der Waals surface area contributed by atoms with Gasteiger partial charge in [-0.3, -0.25) is 14.9 Å². The third kappa shape index (κ3) is 6.48. The molecule has 0 radical (unpaired) electrons. The van der Waals surface area contributed by atoms with Crippen molar-refractivity contribution in [2.45, 2.75) is 6.42 Å². The summed E-state index contributed by atoms with van der Waals surface area (Å²) in [6.07, 6.45) is 4.27. The lowest BCUT2D eigenvalue weighted by Gasteiger charge is -2.27. The van der Waals surface area contributed by atoms with Crippen molar-refractivity contribution in [3.8, 4) is 5.75 Å². The van der Waals surface area contributed by atoms with E-state index >= 15 is 0 Å². The topological polar surface area (TPSA) is 149 Å². The van der Waals surface area contributed by atoms with Crippen LogP contribution in [0, 0.1) is 10.1 Å². The fraction of sp³-hybridized carbons (Fsp3) is 0.500. The first-order valence-corrected chi connectivity index (χ1v) is 9.30. The maximum Gasteiger partial charge on any atom is 0.296 e. The van der Waals surface area contributed by atoms with Crippen molar-refractivity contribution in [2.24, 2.45) is 11.5 Å². The SMILES string of the molecule is NC/C=C/CNc1c(OCCCN2CCNCC2)cc(C(N)=O)cc1[N+](=O)[O-]. The van der Waals surface area contributed by atoms with Crippen molar-refractivity contribution in [3.63, 3.8) is 0 Å². The normalized spacial score (nSPS) is 14.9. The Balaban J connectivity index is 2.11. The van der Waals surface area contributed by atoms with E-state index in [-0.39, 0.29) is 22.7 Å². The number of anilines is 1. The highest BCUT2D eigenvalue weighted by Gasteiger charge is 2.22. The van der Waals surface area contributed by atoms with Crippen molar-refractivity contribution in [1.82, 2.24) is 10.2 Å². The van der Waals surface area contributed by atoms with E-state index in [9.17, 15) is 14.9 Å². The first-order valence-electron chi connectivity index (χ1n) is 9.30. The van der Waals surface area contributed by atoms with Gasteiger partial charge in [-0.2, -0.15) is 0 Å². The van der Waals surface area contributed by atoms with Crippen LogP contribution in [0.1, 0.15) is 16.8 Å². The summed E-state index contributed by atoms with van der Waals surface area (Å²) in [5.41, 5.74) is 10.7. The number of nitrogens with two attached hydrogens (primary N) is 2. The van der Waals surface area contributed by atoms with E-state index in [4.69, 9.17) is 16.2 Å². The minimum absolute atomic E-state index is 0.0341. The Morgan fingerprint density at radius 2 is 2.11 bits per heavy atom. The Bertz CT molecular complexity index is 704. The van der Waals surface area contributed by atoms with Crippen LogP contribution in [0.25, 0.3) is 0 Å². The number of carbonyl (C=O) groups excluding carboxylic acids is 1. The van der Waals surface area contributed by atoms with Crippen molar-refractivity contribution < 1.29 is 14.5 Å². The number of ether oxygens (including phenoxy) is 1. The number of piperazine rings is 1. The van der Waals surface area contributed by atoms with Gasteiger partial charge in [0.05, 0.1) is 11.5 Å². The zero-order valence-corrected chi connectivity index (χ0v) is 15.9. The molecule has 0 saturated carbocycles. The molecule has 2 rings (SSSR count). The second-order valence-corrected chi connectivity index (χ2v) is 6.37. The Labute approximate surface area is 164 Å². The number of carbonyl (C=O) groups is 1. The minimum Gasteiger partial charge on any atom is -0.491 e. The summed E-state index contributed by atoms with van der Waals surface area (Å²) in [5.74, 6) is -0.507. The monoisotopic (exact) mass is 392 g/mol. The fourth-order valence-corrected chi connectivity index (χ4v) is 2.92. The van der Waals surface area contributed by atoms with Crippen molar-refractivity contribution in [1.29, 1.82) is 0 Å². The number of nitro groups is 1. The second kappa shape index (κ2) is 11.2. The van der Waals surface area contributed by atoms with Gasteiger partial charge < -0.3 is 31.7 Å². The van der Waals surface area contributed by atoms with Crippen LogP contribution >= 0.6 is 0 Å². The smallest absolute Gasteiger partial charge is 0.296 e. The lowest BCUT2D eigenvalue weighted by atomic mass is 10.1. The van der Waals surface area contributed by atoms with Crippen LogP contribution in [0.4, 0.5) is 11.4 Å². The van der Waals surface area contributed by atoms with Gasteiger partial charge in [0.2, 0.25) is 5.91 Å². The van der Waals surface area contributed by atoms with E-state index in [2.05, 4.69) is 15.5 Å². The van der Waals surface area contributed by atoms with Crippen molar-refractivity contribution in [2.75, 3.05) is 57.7 Å². The largest absolute Gasteiger partial charge is 0.491 e. The summed E-state index contributed by atoms with van der Waals surface area (Å²) in [6, 6.07) is 2.60. The number of hydrogen-bond acceptors (Lipinski definition) is 8. The summed E-state index contributed by atoms with van der Waals surface area (Å²) >= 11 is 0. The number of nitro benzene ring substituents is 1. The number of primary amides is 1. The summed E-state index contributed by atoms with van der Waals surface area (Å²) in [7, 11) is 0. The van der Waals surface area contributed by atoms with Crippen LogP contribution < -0.4 is 26.8 Å². The molecule has 1 aliphatic rings. The lowest BCUT2D eigenvalue weighted by Crippen LogP contribution is -2.43.